The van der Waals surface area contributed by atoms with Crippen LogP contribution in [0.25, 0.3) is 0 Å². The molecule has 1 spiro atoms. The molecule has 1 aromatic carbocycles. The number of anilines is 1. The minimum absolute atomic E-state index is 0.190. The first-order valence-electron chi connectivity index (χ1n) is 11.7. The fourth-order valence-corrected chi connectivity index (χ4v) is 5.56. The number of piperazine rings is 1. The maximum atomic E-state index is 13.2. The van der Waals surface area contributed by atoms with Gasteiger partial charge in [-0.25, -0.2) is 4.39 Å². The van der Waals surface area contributed by atoms with E-state index in [9.17, 15) is 14.0 Å². The molecule has 3 fully saturated rings. The average molecular weight is 431 g/mol. The minimum Gasteiger partial charge on any atom is -0.366 e. The van der Waals surface area contributed by atoms with E-state index in [1.165, 1.54) is 12.1 Å². The van der Waals surface area contributed by atoms with Crippen LogP contribution in [0.3, 0.4) is 0 Å². The van der Waals surface area contributed by atoms with E-state index in [1.54, 1.807) is 0 Å². The summed E-state index contributed by atoms with van der Waals surface area (Å²) >= 11 is 0. The van der Waals surface area contributed by atoms with Crippen molar-refractivity contribution in [3.05, 3.63) is 30.1 Å². The van der Waals surface area contributed by atoms with Crippen LogP contribution in [0.5, 0.6) is 0 Å². The van der Waals surface area contributed by atoms with Crippen LogP contribution in [-0.2, 0) is 9.59 Å². The van der Waals surface area contributed by atoms with E-state index >= 15 is 0 Å². The van der Waals surface area contributed by atoms with Crippen molar-refractivity contribution in [2.24, 2.45) is 5.41 Å². The molecule has 4 rings (SSSR count). The van der Waals surface area contributed by atoms with Gasteiger partial charge in [0.2, 0.25) is 11.8 Å². The third-order valence-electron chi connectivity index (χ3n) is 7.49. The summed E-state index contributed by atoms with van der Waals surface area (Å²) in [7, 11) is 0. The van der Waals surface area contributed by atoms with Gasteiger partial charge < -0.3 is 15.1 Å². The third-order valence-corrected chi connectivity index (χ3v) is 7.49. The minimum atomic E-state index is -0.274. The van der Waals surface area contributed by atoms with Gasteiger partial charge in [-0.05, 0) is 56.9 Å². The number of hydrogen-bond donors (Lipinski definition) is 1. The molecule has 0 bridgehead atoms. The summed E-state index contributed by atoms with van der Waals surface area (Å²) in [4.78, 5) is 31.4. The van der Waals surface area contributed by atoms with Crippen LogP contribution in [0.1, 0.15) is 46.0 Å². The van der Waals surface area contributed by atoms with Crippen molar-refractivity contribution in [1.29, 1.82) is 0 Å². The quantitative estimate of drug-likeness (QED) is 0.780. The molecule has 0 aliphatic carbocycles. The smallest absolute Gasteiger partial charge is 0.226 e. The van der Waals surface area contributed by atoms with Crippen molar-refractivity contribution in [1.82, 2.24) is 15.1 Å². The topological polar surface area (TPSA) is 55.9 Å². The highest BCUT2D eigenvalue weighted by Gasteiger charge is 2.48. The summed E-state index contributed by atoms with van der Waals surface area (Å²) in [5.41, 5.74) is 0.801. The lowest BCUT2D eigenvalue weighted by atomic mass is 9.75. The number of benzene rings is 1. The summed E-state index contributed by atoms with van der Waals surface area (Å²) in [6.45, 7) is 9.36. The van der Waals surface area contributed by atoms with Crippen LogP contribution >= 0.6 is 0 Å². The lowest BCUT2D eigenvalue weighted by Crippen LogP contribution is -2.52. The maximum Gasteiger partial charge on any atom is 0.226 e. The van der Waals surface area contributed by atoms with Crippen LogP contribution in [0, 0.1) is 11.2 Å². The zero-order chi connectivity index (χ0) is 22.0. The van der Waals surface area contributed by atoms with Gasteiger partial charge in [-0.3, -0.25) is 14.5 Å². The largest absolute Gasteiger partial charge is 0.366 e. The van der Waals surface area contributed by atoms with Gasteiger partial charge in [0.15, 0.2) is 0 Å². The molecular formula is C24H35FN4O2. The Morgan fingerprint density at radius 3 is 2.52 bits per heavy atom. The predicted octanol–water partition coefficient (Wildman–Crippen LogP) is 2.63. The molecule has 3 aliphatic heterocycles. The molecule has 0 unspecified atom stereocenters. The predicted molar refractivity (Wildman–Crippen MR) is 119 cm³/mol. The van der Waals surface area contributed by atoms with Crippen LogP contribution in [-0.4, -0.2) is 73.0 Å². The van der Waals surface area contributed by atoms with E-state index in [0.717, 1.165) is 57.5 Å². The molecule has 0 radical (unpaired) electrons. The first-order valence-corrected chi connectivity index (χ1v) is 11.7. The molecule has 6 nitrogen and oxygen atoms in total. The summed E-state index contributed by atoms with van der Waals surface area (Å²) in [6.07, 6.45) is 3.97. The summed E-state index contributed by atoms with van der Waals surface area (Å²) < 4.78 is 13.2. The molecule has 3 heterocycles. The van der Waals surface area contributed by atoms with Gasteiger partial charge in [0, 0.05) is 63.5 Å². The van der Waals surface area contributed by atoms with E-state index in [2.05, 4.69) is 22.0 Å². The Labute approximate surface area is 184 Å². The van der Waals surface area contributed by atoms with Crippen molar-refractivity contribution in [3.8, 4) is 0 Å². The molecule has 2 atom stereocenters. The van der Waals surface area contributed by atoms with Crippen molar-refractivity contribution >= 4 is 17.5 Å². The van der Waals surface area contributed by atoms with Gasteiger partial charge in [-0.2, -0.15) is 0 Å². The molecule has 0 saturated carbocycles. The third kappa shape index (κ3) is 4.71. The molecule has 170 valence electrons. The van der Waals surface area contributed by atoms with E-state index in [1.807, 2.05) is 24.0 Å². The number of nitrogens with zero attached hydrogens (tertiary/aromatic N) is 3. The lowest BCUT2D eigenvalue weighted by molar-refractivity contribution is -0.138. The van der Waals surface area contributed by atoms with Crippen LogP contribution in [0.15, 0.2) is 24.3 Å². The van der Waals surface area contributed by atoms with Gasteiger partial charge in [0.25, 0.3) is 0 Å². The SMILES string of the molecule is CCC(=O)N1CCC2(CC1)C[C@H](CCN1CCN(c3ccc(F)cc3)[C@@H](C)C1)NC2=O. The number of carbonyl (C=O) groups is 2. The maximum absolute atomic E-state index is 13.2. The molecule has 0 aromatic heterocycles. The summed E-state index contributed by atoms with van der Waals surface area (Å²) in [5.74, 6) is 0.184. The first-order chi connectivity index (χ1) is 14.9. The normalized spacial score (nSPS) is 26.4. The van der Waals surface area contributed by atoms with E-state index in [-0.39, 0.29) is 29.1 Å². The molecule has 31 heavy (non-hydrogen) atoms. The standard InChI is InChI=1S/C24H35FN4O2/c1-3-22(30)28-12-9-24(10-13-28)16-20(26-23(24)31)8-11-27-14-15-29(18(2)17-27)21-6-4-19(25)5-7-21/h4-7,18,20H,3,8-17H2,1-2H3,(H,26,31)/t18-,20-/m0/s1. The highest BCUT2D eigenvalue weighted by atomic mass is 19.1. The number of carbonyl (C=O) groups excluding carboxylic acids is 2. The Hall–Kier alpha value is -2.15. The fourth-order valence-electron chi connectivity index (χ4n) is 5.56. The molecule has 7 heteroatoms. The Morgan fingerprint density at radius 1 is 1.16 bits per heavy atom. The van der Waals surface area contributed by atoms with Crippen molar-refractivity contribution < 1.29 is 14.0 Å². The number of likely N-dealkylation sites (tertiary alicyclic amines) is 1. The van der Waals surface area contributed by atoms with E-state index < -0.39 is 0 Å². The van der Waals surface area contributed by atoms with Gasteiger partial charge in [0.1, 0.15) is 5.82 Å². The van der Waals surface area contributed by atoms with E-state index in [0.29, 0.717) is 25.6 Å². The zero-order valence-electron chi connectivity index (χ0n) is 18.8. The number of halogens is 1. The summed E-state index contributed by atoms with van der Waals surface area (Å²) in [6, 6.07) is 7.35. The summed E-state index contributed by atoms with van der Waals surface area (Å²) in [5, 5.41) is 3.25. The second-order valence-corrected chi connectivity index (χ2v) is 9.50. The highest BCUT2D eigenvalue weighted by molar-refractivity contribution is 5.86. The number of piperidine rings is 1. The molecule has 1 N–H and O–H groups in total. The van der Waals surface area contributed by atoms with Crippen molar-refractivity contribution in [3.63, 3.8) is 0 Å². The second kappa shape index (κ2) is 9.15. The van der Waals surface area contributed by atoms with Crippen LogP contribution in [0.2, 0.25) is 0 Å². The number of nitrogens with one attached hydrogen (secondary N) is 1. The first kappa shape index (κ1) is 22.1. The Morgan fingerprint density at radius 2 is 1.87 bits per heavy atom. The fraction of sp³-hybridized carbons (Fsp3) is 0.667. The molecule has 2 amide bonds. The second-order valence-electron chi connectivity index (χ2n) is 9.50. The number of hydrogen-bond acceptors (Lipinski definition) is 4. The molecular weight excluding hydrogens is 395 g/mol. The average Bonchev–Trinajstić information content (AvgIpc) is 3.08. The Balaban J connectivity index is 1.25. The zero-order valence-corrected chi connectivity index (χ0v) is 18.8. The van der Waals surface area contributed by atoms with E-state index in [4.69, 9.17) is 0 Å². The lowest BCUT2D eigenvalue weighted by Gasteiger charge is -2.41. The van der Waals surface area contributed by atoms with Crippen molar-refractivity contribution in [2.45, 2.75) is 58.0 Å². The van der Waals surface area contributed by atoms with Gasteiger partial charge >= 0.3 is 0 Å². The van der Waals surface area contributed by atoms with Gasteiger partial charge in [-0.15, -0.1) is 0 Å². The van der Waals surface area contributed by atoms with Crippen LogP contribution in [0.4, 0.5) is 10.1 Å². The molecule has 1 aromatic rings. The highest BCUT2D eigenvalue weighted by Crippen LogP contribution is 2.41. The Bertz CT molecular complexity index is 791. The van der Waals surface area contributed by atoms with Gasteiger partial charge in [-0.1, -0.05) is 6.92 Å². The monoisotopic (exact) mass is 430 g/mol. The molecule has 3 saturated heterocycles. The van der Waals surface area contributed by atoms with Crippen molar-refractivity contribution in [2.75, 3.05) is 44.2 Å². The van der Waals surface area contributed by atoms with Crippen LogP contribution < -0.4 is 10.2 Å². The number of amides is 2. The number of rotatable bonds is 5. The van der Waals surface area contributed by atoms with Gasteiger partial charge in [0.05, 0.1) is 5.41 Å². The molecule has 3 aliphatic rings. The Kier molecular flexibility index (Phi) is 6.51.